The molecular formula is C24H27NO4. The Hall–Kier alpha value is -3.08. The Morgan fingerprint density at radius 1 is 1.10 bits per heavy atom. The van der Waals surface area contributed by atoms with E-state index in [-0.39, 0.29) is 18.6 Å². The van der Waals surface area contributed by atoms with Gasteiger partial charge in [0.2, 0.25) is 0 Å². The van der Waals surface area contributed by atoms with Crippen molar-refractivity contribution < 1.29 is 19.1 Å². The highest BCUT2D eigenvalue weighted by Gasteiger charge is 2.24. The molecule has 0 saturated carbocycles. The lowest BCUT2D eigenvalue weighted by Gasteiger charge is -2.33. The molecule has 1 amide bonds. The van der Waals surface area contributed by atoms with Crippen LogP contribution in [0.15, 0.2) is 54.6 Å². The minimum absolute atomic E-state index is 0.139. The Morgan fingerprint density at radius 2 is 1.90 bits per heavy atom. The van der Waals surface area contributed by atoms with Crippen molar-refractivity contribution in [3.05, 3.63) is 65.7 Å². The van der Waals surface area contributed by atoms with Gasteiger partial charge in [-0.1, -0.05) is 42.5 Å². The first-order chi connectivity index (χ1) is 14.1. The molecule has 0 aliphatic carbocycles. The van der Waals surface area contributed by atoms with E-state index in [0.29, 0.717) is 11.3 Å². The molecule has 1 atom stereocenters. The number of benzene rings is 2. The summed E-state index contributed by atoms with van der Waals surface area (Å²) in [7, 11) is 1.60. The van der Waals surface area contributed by atoms with Crippen molar-refractivity contribution in [2.45, 2.75) is 32.2 Å². The Labute approximate surface area is 171 Å². The van der Waals surface area contributed by atoms with Crippen LogP contribution in [0, 0.1) is 0 Å². The predicted octanol–water partition coefficient (Wildman–Crippen LogP) is 4.18. The molecule has 1 aliphatic heterocycles. The zero-order chi connectivity index (χ0) is 20.6. The molecule has 1 aliphatic rings. The van der Waals surface area contributed by atoms with Crippen LogP contribution >= 0.6 is 0 Å². The highest BCUT2D eigenvalue weighted by atomic mass is 16.5. The van der Waals surface area contributed by atoms with Gasteiger partial charge in [-0.25, -0.2) is 4.79 Å². The van der Waals surface area contributed by atoms with E-state index in [1.165, 1.54) is 0 Å². The number of amides is 1. The van der Waals surface area contributed by atoms with Crippen LogP contribution in [0.3, 0.4) is 0 Å². The fourth-order valence-corrected chi connectivity index (χ4v) is 3.53. The number of ether oxygens (including phenoxy) is 2. The number of likely N-dealkylation sites (tertiary alicyclic amines) is 1. The number of nitrogens with zero attached hydrogens (tertiary/aromatic N) is 1. The van der Waals surface area contributed by atoms with Crippen LogP contribution in [0.25, 0.3) is 11.6 Å². The second-order valence-corrected chi connectivity index (χ2v) is 7.21. The van der Waals surface area contributed by atoms with Gasteiger partial charge < -0.3 is 14.4 Å². The van der Waals surface area contributed by atoms with Crippen LogP contribution < -0.4 is 4.74 Å². The molecule has 1 fully saturated rings. The SMILES string of the molecule is COc1cccc(/C=C(/C(=O)OCC(=O)N2CCCC[C@H]2C)c2ccccc2)c1. The summed E-state index contributed by atoms with van der Waals surface area (Å²) in [5.74, 6) is 0.0465. The first-order valence-corrected chi connectivity index (χ1v) is 9.96. The topological polar surface area (TPSA) is 55.8 Å². The van der Waals surface area contributed by atoms with Gasteiger partial charge in [0.15, 0.2) is 6.61 Å². The minimum atomic E-state index is -0.517. The molecule has 5 nitrogen and oxygen atoms in total. The molecule has 1 saturated heterocycles. The smallest absolute Gasteiger partial charge is 0.339 e. The van der Waals surface area contributed by atoms with Gasteiger partial charge in [-0.2, -0.15) is 0 Å². The molecule has 2 aromatic rings. The zero-order valence-electron chi connectivity index (χ0n) is 17.0. The third-order valence-corrected chi connectivity index (χ3v) is 5.16. The molecule has 152 valence electrons. The summed E-state index contributed by atoms with van der Waals surface area (Å²) >= 11 is 0. The number of piperidine rings is 1. The number of rotatable bonds is 6. The maximum atomic E-state index is 12.9. The van der Waals surface area contributed by atoms with Gasteiger partial charge in [0.1, 0.15) is 5.75 Å². The van der Waals surface area contributed by atoms with Gasteiger partial charge in [0.25, 0.3) is 5.91 Å². The number of esters is 1. The standard InChI is InChI=1S/C24H27NO4/c1-18-9-6-7-14-25(18)23(26)17-29-24(27)22(20-11-4-3-5-12-20)16-19-10-8-13-21(15-19)28-2/h3-5,8,10-13,15-16,18H,6-7,9,14,17H2,1-2H3/b22-16+/t18-/m1/s1. The Balaban J connectivity index is 1.78. The summed E-state index contributed by atoms with van der Waals surface area (Å²) in [6.45, 7) is 2.52. The largest absolute Gasteiger partial charge is 0.497 e. The Morgan fingerprint density at radius 3 is 2.62 bits per heavy atom. The zero-order valence-corrected chi connectivity index (χ0v) is 17.0. The molecular weight excluding hydrogens is 366 g/mol. The molecule has 0 spiro atoms. The fourth-order valence-electron chi connectivity index (χ4n) is 3.53. The Kier molecular flexibility index (Phi) is 7.06. The molecule has 2 aromatic carbocycles. The molecule has 0 bridgehead atoms. The van der Waals surface area contributed by atoms with Gasteiger partial charge >= 0.3 is 5.97 Å². The van der Waals surface area contributed by atoms with Crippen LogP contribution in [-0.4, -0.2) is 43.1 Å². The summed E-state index contributed by atoms with van der Waals surface area (Å²) in [6.07, 6.45) is 4.88. The van der Waals surface area contributed by atoms with E-state index < -0.39 is 5.97 Å². The van der Waals surface area contributed by atoms with Gasteiger partial charge in [-0.15, -0.1) is 0 Å². The van der Waals surface area contributed by atoms with Crippen LogP contribution in [-0.2, 0) is 14.3 Å². The van der Waals surface area contributed by atoms with Gasteiger partial charge in [0.05, 0.1) is 12.7 Å². The molecule has 0 radical (unpaired) electrons. The second-order valence-electron chi connectivity index (χ2n) is 7.21. The lowest BCUT2D eigenvalue weighted by Crippen LogP contribution is -2.44. The summed E-state index contributed by atoms with van der Waals surface area (Å²) in [5.41, 5.74) is 1.95. The second kappa shape index (κ2) is 9.92. The lowest BCUT2D eigenvalue weighted by atomic mass is 10.0. The van der Waals surface area contributed by atoms with Crippen molar-refractivity contribution in [3.8, 4) is 5.75 Å². The quantitative estimate of drug-likeness (QED) is 0.420. The van der Waals surface area contributed by atoms with E-state index in [0.717, 1.165) is 36.9 Å². The van der Waals surface area contributed by atoms with E-state index in [1.807, 2.05) is 66.4 Å². The molecule has 0 N–H and O–H groups in total. The van der Waals surface area contributed by atoms with E-state index >= 15 is 0 Å². The highest BCUT2D eigenvalue weighted by molar-refractivity contribution is 6.21. The van der Waals surface area contributed by atoms with Crippen molar-refractivity contribution in [1.82, 2.24) is 4.90 Å². The monoisotopic (exact) mass is 393 g/mol. The molecule has 0 aromatic heterocycles. The maximum absolute atomic E-state index is 12.9. The first kappa shape index (κ1) is 20.6. The van der Waals surface area contributed by atoms with Crippen molar-refractivity contribution in [2.24, 2.45) is 0 Å². The Bertz CT molecular complexity index is 875. The van der Waals surface area contributed by atoms with Crippen LogP contribution in [0.1, 0.15) is 37.3 Å². The van der Waals surface area contributed by atoms with E-state index in [4.69, 9.17) is 9.47 Å². The molecule has 3 rings (SSSR count). The number of carbonyl (C=O) groups excluding carboxylic acids is 2. The van der Waals surface area contributed by atoms with Crippen LogP contribution in [0.4, 0.5) is 0 Å². The summed E-state index contributed by atoms with van der Waals surface area (Å²) in [5, 5.41) is 0. The van der Waals surface area contributed by atoms with E-state index in [2.05, 4.69) is 0 Å². The molecule has 1 heterocycles. The van der Waals surface area contributed by atoms with E-state index in [9.17, 15) is 9.59 Å². The van der Waals surface area contributed by atoms with Crippen molar-refractivity contribution in [1.29, 1.82) is 0 Å². The number of methoxy groups -OCH3 is 1. The average Bonchev–Trinajstić information content (AvgIpc) is 2.76. The number of hydrogen-bond acceptors (Lipinski definition) is 4. The third kappa shape index (κ3) is 5.47. The molecule has 5 heteroatoms. The molecule has 29 heavy (non-hydrogen) atoms. The third-order valence-electron chi connectivity index (χ3n) is 5.16. The van der Waals surface area contributed by atoms with Gasteiger partial charge in [-0.05, 0) is 55.5 Å². The van der Waals surface area contributed by atoms with Crippen molar-refractivity contribution in [3.63, 3.8) is 0 Å². The van der Waals surface area contributed by atoms with Gasteiger partial charge in [0, 0.05) is 12.6 Å². The van der Waals surface area contributed by atoms with Crippen molar-refractivity contribution >= 4 is 23.5 Å². The molecule has 0 unspecified atom stereocenters. The summed E-state index contributed by atoms with van der Waals surface area (Å²) in [4.78, 5) is 27.2. The highest BCUT2D eigenvalue weighted by Crippen LogP contribution is 2.23. The van der Waals surface area contributed by atoms with Crippen LogP contribution in [0.5, 0.6) is 5.75 Å². The van der Waals surface area contributed by atoms with Gasteiger partial charge in [-0.3, -0.25) is 4.79 Å². The fraction of sp³-hybridized carbons (Fsp3) is 0.333. The number of carbonyl (C=O) groups is 2. The summed E-state index contributed by atoms with van der Waals surface area (Å²) < 4.78 is 10.7. The minimum Gasteiger partial charge on any atom is -0.497 e. The predicted molar refractivity (Wildman–Crippen MR) is 113 cm³/mol. The van der Waals surface area contributed by atoms with E-state index in [1.54, 1.807) is 13.2 Å². The normalized spacial score (nSPS) is 17.0. The maximum Gasteiger partial charge on any atom is 0.339 e. The van der Waals surface area contributed by atoms with Crippen LogP contribution in [0.2, 0.25) is 0 Å². The van der Waals surface area contributed by atoms with Crippen molar-refractivity contribution in [2.75, 3.05) is 20.3 Å². The first-order valence-electron chi connectivity index (χ1n) is 9.96. The average molecular weight is 393 g/mol. The summed E-state index contributed by atoms with van der Waals surface area (Å²) in [6, 6.07) is 16.9. The number of hydrogen-bond donors (Lipinski definition) is 0. The lowest BCUT2D eigenvalue weighted by molar-refractivity contribution is -0.149.